The Bertz CT molecular complexity index is 1270. The zero-order valence-electron chi connectivity index (χ0n) is 18.7. The van der Waals surface area contributed by atoms with Gasteiger partial charge in [0.1, 0.15) is 23.0 Å². The predicted molar refractivity (Wildman–Crippen MR) is 129 cm³/mol. The Kier molecular flexibility index (Phi) is 6.47. The second kappa shape index (κ2) is 9.49. The smallest absolute Gasteiger partial charge is 0.300 e. The van der Waals surface area contributed by atoms with Crippen molar-refractivity contribution in [2.24, 2.45) is 0 Å². The molecule has 3 aromatic rings. The van der Waals surface area contributed by atoms with Crippen molar-refractivity contribution in [3.05, 3.63) is 88.5 Å². The lowest BCUT2D eigenvalue weighted by Gasteiger charge is -2.25. The van der Waals surface area contributed by atoms with Gasteiger partial charge >= 0.3 is 0 Å². The Hall–Kier alpha value is -3.97. The number of halogens is 1. The van der Waals surface area contributed by atoms with Crippen LogP contribution in [-0.2, 0) is 9.59 Å². The molecule has 1 unspecified atom stereocenters. The number of ketones is 1. The van der Waals surface area contributed by atoms with Gasteiger partial charge in [0, 0.05) is 11.8 Å². The third kappa shape index (κ3) is 3.95. The standard InChI is InChI=1S/C26H22ClNO6/c1-32-17-11-9-15(10-12-17)23-22(25(30)26(31)28(23)16-7-5-4-6-8-16)24(29)18-13-21(34-3)19(27)14-20(18)33-2/h4-14,23,29H,1-3H3/b24-22+. The summed E-state index contributed by atoms with van der Waals surface area (Å²) in [6.07, 6.45) is 0. The number of hydrogen-bond acceptors (Lipinski definition) is 6. The maximum Gasteiger partial charge on any atom is 0.300 e. The quantitative estimate of drug-likeness (QED) is 0.304. The SMILES string of the molecule is COc1ccc(C2/C(=C(\O)c3cc(OC)c(Cl)cc3OC)C(=O)C(=O)N2c2ccccc2)cc1. The van der Waals surface area contributed by atoms with Crippen LogP contribution >= 0.6 is 11.6 Å². The molecule has 0 bridgehead atoms. The number of amides is 1. The number of nitrogens with zero attached hydrogens (tertiary/aromatic N) is 1. The van der Waals surface area contributed by atoms with E-state index in [1.165, 1.54) is 31.3 Å². The van der Waals surface area contributed by atoms with Gasteiger partial charge in [-0.3, -0.25) is 14.5 Å². The van der Waals surface area contributed by atoms with Gasteiger partial charge in [-0.25, -0.2) is 0 Å². The van der Waals surface area contributed by atoms with Gasteiger partial charge in [-0.1, -0.05) is 41.9 Å². The van der Waals surface area contributed by atoms with Crippen molar-refractivity contribution in [2.45, 2.75) is 6.04 Å². The number of para-hydroxylation sites is 1. The molecule has 1 atom stereocenters. The van der Waals surface area contributed by atoms with E-state index >= 15 is 0 Å². The number of carbonyl (C=O) groups is 2. The lowest BCUT2D eigenvalue weighted by Crippen LogP contribution is -2.29. The first-order valence-corrected chi connectivity index (χ1v) is 10.7. The fraction of sp³-hybridized carbons (Fsp3) is 0.154. The van der Waals surface area contributed by atoms with Gasteiger partial charge in [-0.2, -0.15) is 0 Å². The number of ether oxygens (including phenoxy) is 3. The average molecular weight is 480 g/mol. The summed E-state index contributed by atoms with van der Waals surface area (Å²) < 4.78 is 15.9. The number of carbonyl (C=O) groups excluding carboxylic acids is 2. The summed E-state index contributed by atoms with van der Waals surface area (Å²) in [5.41, 5.74) is 1.23. The topological polar surface area (TPSA) is 85.3 Å². The first-order valence-electron chi connectivity index (χ1n) is 10.3. The van der Waals surface area contributed by atoms with Crippen LogP contribution in [0.15, 0.2) is 72.3 Å². The zero-order chi connectivity index (χ0) is 24.4. The second-order valence-corrected chi connectivity index (χ2v) is 7.87. The second-order valence-electron chi connectivity index (χ2n) is 7.46. The summed E-state index contributed by atoms with van der Waals surface area (Å²) in [4.78, 5) is 27.9. The molecule has 1 saturated heterocycles. The molecule has 0 radical (unpaired) electrons. The highest BCUT2D eigenvalue weighted by Crippen LogP contribution is 2.44. The molecule has 0 spiro atoms. The number of aliphatic hydroxyl groups is 1. The van der Waals surface area contributed by atoms with Crippen molar-refractivity contribution in [1.82, 2.24) is 0 Å². The first kappa shape index (κ1) is 23.2. The highest BCUT2D eigenvalue weighted by molar-refractivity contribution is 6.51. The molecule has 1 fully saturated rings. The Morgan fingerprint density at radius 2 is 1.53 bits per heavy atom. The highest BCUT2D eigenvalue weighted by atomic mass is 35.5. The van der Waals surface area contributed by atoms with E-state index in [1.54, 1.807) is 55.6 Å². The van der Waals surface area contributed by atoms with E-state index in [9.17, 15) is 14.7 Å². The summed E-state index contributed by atoms with van der Waals surface area (Å²) >= 11 is 6.21. The minimum absolute atomic E-state index is 0.0818. The molecule has 0 saturated carbocycles. The fourth-order valence-electron chi connectivity index (χ4n) is 3.98. The van der Waals surface area contributed by atoms with E-state index in [2.05, 4.69) is 0 Å². The normalized spacial score (nSPS) is 17.1. The molecular formula is C26H22ClNO6. The van der Waals surface area contributed by atoms with Crippen LogP contribution in [0.5, 0.6) is 17.2 Å². The van der Waals surface area contributed by atoms with Crippen LogP contribution in [0.25, 0.3) is 5.76 Å². The van der Waals surface area contributed by atoms with Gasteiger partial charge in [-0.05, 0) is 35.9 Å². The maximum atomic E-state index is 13.3. The molecule has 8 heteroatoms. The van der Waals surface area contributed by atoms with Crippen molar-refractivity contribution in [3.8, 4) is 17.2 Å². The summed E-state index contributed by atoms with van der Waals surface area (Å²) in [6, 6.07) is 17.8. The lowest BCUT2D eigenvalue weighted by atomic mass is 9.94. The largest absolute Gasteiger partial charge is 0.507 e. The molecule has 4 rings (SSSR count). The lowest BCUT2D eigenvalue weighted by molar-refractivity contribution is -0.132. The van der Waals surface area contributed by atoms with Crippen LogP contribution in [0.1, 0.15) is 17.2 Å². The molecule has 1 aliphatic rings. The van der Waals surface area contributed by atoms with E-state index < -0.39 is 23.5 Å². The van der Waals surface area contributed by atoms with Crippen molar-refractivity contribution in [1.29, 1.82) is 0 Å². The molecule has 34 heavy (non-hydrogen) atoms. The third-order valence-electron chi connectivity index (χ3n) is 5.64. The fourth-order valence-corrected chi connectivity index (χ4v) is 4.21. The van der Waals surface area contributed by atoms with Gasteiger partial charge in [-0.15, -0.1) is 0 Å². The summed E-state index contributed by atoms with van der Waals surface area (Å²) in [6.45, 7) is 0. The highest BCUT2D eigenvalue weighted by Gasteiger charge is 2.47. The molecule has 1 amide bonds. The van der Waals surface area contributed by atoms with Crippen molar-refractivity contribution >= 4 is 34.7 Å². The molecule has 1 heterocycles. The Balaban J connectivity index is 1.98. The molecule has 0 aliphatic carbocycles. The van der Waals surface area contributed by atoms with Crippen LogP contribution in [-0.4, -0.2) is 38.1 Å². The number of anilines is 1. The maximum absolute atomic E-state index is 13.3. The zero-order valence-corrected chi connectivity index (χ0v) is 19.5. The number of aliphatic hydroxyl groups excluding tert-OH is 1. The summed E-state index contributed by atoms with van der Waals surface area (Å²) in [5, 5.41) is 11.7. The van der Waals surface area contributed by atoms with E-state index in [-0.39, 0.29) is 27.7 Å². The van der Waals surface area contributed by atoms with Gasteiger partial charge in [0.25, 0.3) is 11.7 Å². The minimum atomic E-state index is -0.889. The number of benzene rings is 3. The number of Topliss-reactive ketones (excluding diaryl/α,β-unsaturated/α-hetero) is 1. The van der Waals surface area contributed by atoms with Crippen molar-refractivity contribution < 1.29 is 28.9 Å². The molecule has 3 aromatic carbocycles. The summed E-state index contributed by atoms with van der Waals surface area (Å²) in [5.74, 6) is -0.856. The van der Waals surface area contributed by atoms with Crippen LogP contribution in [0.2, 0.25) is 5.02 Å². The van der Waals surface area contributed by atoms with Crippen LogP contribution in [0, 0.1) is 0 Å². The number of methoxy groups -OCH3 is 3. The van der Waals surface area contributed by atoms with Gasteiger partial charge in [0.05, 0.1) is 43.5 Å². The Morgan fingerprint density at radius 3 is 2.12 bits per heavy atom. The van der Waals surface area contributed by atoms with Gasteiger partial charge in [0.2, 0.25) is 0 Å². The molecule has 174 valence electrons. The number of rotatable bonds is 6. The monoisotopic (exact) mass is 479 g/mol. The average Bonchev–Trinajstić information content (AvgIpc) is 3.14. The summed E-state index contributed by atoms with van der Waals surface area (Å²) in [7, 11) is 4.40. The van der Waals surface area contributed by atoms with E-state index in [0.717, 1.165) is 0 Å². The molecule has 0 aromatic heterocycles. The van der Waals surface area contributed by atoms with Gasteiger partial charge < -0.3 is 19.3 Å². The van der Waals surface area contributed by atoms with Gasteiger partial charge in [0.15, 0.2) is 0 Å². The Labute approximate surface area is 201 Å². The van der Waals surface area contributed by atoms with Crippen molar-refractivity contribution in [3.63, 3.8) is 0 Å². The molecule has 1 N–H and O–H groups in total. The third-order valence-corrected chi connectivity index (χ3v) is 5.93. The minimum Gasteiger partial charge on any atom is -0.507 e. The molecular weight excluding hydrogens is 458 g/mol. The van der Waals surface area contributed by atoms with Crippen molar-refractivity contribution in [2.75, 3.05) is 26.2 Å². The van der Waals surface area contributed by atoms with Crippen LogP contribution < -0.4 is 19.1 Å². The first-order chi connectivity index (χ1) is 16.4. The van der Waals surface area contributed by atoms with E-state index in [1.807, 2.05) is 6.07 Å². The van der Waals surface area contributed by atoms with E-state index in [4.69, 9.17) is 25.8 Å². The number of hydrogen-bond donors (Lipinski definition) is 1. The van der Waals surface area contributed by atoms with Crippen LogP contribution in [0.4, 0.5) is 5.69 Å². The molecule has 7 nitrogen and oxygen atoms in total. The predicted octanol–water partition coefficient (Wildman–Crippen LogP) is 4.99. The molecule has 1 aliphatic heterocycles. The van der Waals surface area contributed by atoms with Crippen LogP contribution in [0.3, 0.4) is 0 Å². The Morgan fingerprint density at radius 1 is 0.882 bits per heavy atom. The van der Waals surface area contributed by atoms with E-state index in [0.29, 0.717) is 17.0 Å².